The van der Waals surface area contributed by atoms with Crippen LogP contribution in [0.1, 0.15) is 15.9 Å². The second-order valence-electron chi connectivity index (χ2n) is 6.09. The molecule has 0 unspecified atom stereocenters. The highest BCUT2D eigenvalue weighted by atomic mass is 16.1. The number of carbonyl (C=O) groups excluding carboxylic acids is 1. The molecule has 0 saturated carbocycles. The van der Waals surface area contributed by atoms with Crippen LogP contribution in [0, 0.1) is 6.92 Å². The normalized spacial score (nSPS) is 11.2. The van der Waals surface area contributed by atoms with Crippen LogP contribution in [0.25, 0.3) is 11.0 Å². The Morgan fingerprint density at radius 1 is 1.21 bits per heavy atom. The molecule has 1 amide bonds. The largest absolute Gasteiger partial charge is 0.322 e. The Morgan fingerprint density at radius 3 is 2.75 bits per heavy atom. The summed E-state index contributed by atoms with van der Waals surface area (Å²) >= 11 is 0. The Bertz CT molecular complexity index is 869. The monoisotopic (exact) mass is 323 g/mol. The summed E-state index contributed by atoms with van der Waals surface area (Å²) in [6.07, 6.45) is 0. The van der Waals surface area contributed by atoms with Gasteiger partial charge in [-0.2, -0.15) is 0 Å². The molecule has 0 saturated heterocycles. The van der Waals surface area contributed by atoms with E-state index in [2.05, 4.69) is 20.5 Å². The Balaban J connectivity index is 1.81. The summed E-state index contributed by atoms with van der Waals surface area (Å²) in [7, 11) is 4.04. The molecule has 6 nitrogen and oxygen atoms in total. The number of benzene rings is 2. The molecule has 0 atom stereocenters. The summed E-state index contributed by atoms with van der Waals surface area (Å²) in [5, 5.41) is 11.3. The number of hydrogen-bond donors (Lipinski definition) is 1. The van der Waals surface area contributed by atoms with Crippen LogP contribution in [0.4, 0.5) is 5.69 Å². The van der Waals surface area contributed by atoms with E-state index in [4.69, 9.17) is 0 Å². The van der Waals surface area contributed by atoms with Crippen LogP contribution in [0.3, 0.4) is 0 Å². The lowest BCUT2D eigenvalue weighted by atomic mass is 10.1. The van der Waals surface area contributed by atoms with Crippen molar-refractivity contribution in [2.75, 3.05) is 26.0 Å². The molecule has 1 heterocycles. The van der Waals surface area contributed by atoms with E-state index in [9.17, 15) is 4.79 Å². The van der Waals surface area contributed by atoms with Gasteiger partial charge in [0.25, 0.3) is 5.91 Å². The van der Waals surface area contributed by atoms with Crippen LogP contribution in [-0.4, -0.2) is 46.4 Å². The molecular weight excluding hydrogens is 302 g/mol. The number of aryl methyl sites for hydroxylation is 1. The first-order valence-corrected chi connectivity index (χ1v) is 7.89. The molecule has 2 aromatic carbocycles. The lowest BCUT2D eigenvalue weighted by Crippen LogP contribution is -2.19. The zero-order valence-electron chi connectivity index (χ0n) is 14.2. The highest BCUT2D eigenvalue weighted by Gasteiger charge is 2.11. The van der Waals surface area contributed by atoms with E-state index in [-0.39, 0.29) is 5.91 Å². The van der Waals surface area contributed by atoms with E-state index in [1.54, 1.807) is 6.07 Å². The van der Waals surface area contributed by atoms with E-state index >= 15 is 0 Å². The van der Waals surface area contributed by atoms with Crippen molar-refractivity contribution in [3.63, 3.8) is 0 Å². The van der Waals surface area contributed by atoms with E-state index in [0.717, 1.165) is 35.4 Å². The van der Waals surface area contributed by atoms with Crippen molar-refractivity contribution in [3.8, 4) is 0 Å². The Hall–Kier alpha value is -2.73. The fourth-order valence-corrected chi connectivity index (χ4v) is 2.48. The van der Waals surface area contributed by atoms with Gasteiger partial charge in [-0.1, -0.05) is 23.4 Å². The van der Waals surface area contributed by atoms with Gasteiger partial charge in [0.05, 0.1) is 12.1 Å². The zero-order valence-corrected chi connectivity index (χ0v) is 14.2. The number of para-hydroxylation sites is 1. The number of nitrogens with zero attached hydrogens (tertiary/aromatic N) is 4. The minimum Gasteiger partial charge on any atom is -0.322 e. The minimum absolute atomic E-state index is 0.144. The van der Waals surface area contributed by atoms with Crippen LogP contribution in [0.15, 0.2) is 42.5 Å². The summed E-state index contributed by atoms with van der Waals surface area (Å²) < 4.78 is 1.86. The van der Waals surface area contributed by atoms with Crippen LogP contribution >= 0.6 is 0 Å². The zero-order chi connectivity index (χ0) is 17.1. The molecular formula is C18H21N5O. The van der Waals surface area contributed by atoms with Gasteiger partial charge in [0, 0.05) is 17.8 Å². The van der Waals surface area contributed by atoms with Crippen molar-refractivity contribution < 1.29 is 4.79 Å². The first kappa shape index (κ1) is 16.1. The molecule has 1 aromatic heterocycles. The maximum absolute atomic E-state index is 12.5. The van der Waals surface area contributed by atoms with Gasteiger partial charge in [-0.25, -0.2) is 4.68 Å². The van der Waals surface area contributed by atoms with Gasteiger partial charge in [-0.15, -0.1) is 5.10 Å². The molecule has 124 valence electrons. The second kappa shape index (κ2) is 6.80. The Labute approximate surface area is 141 Å². The molecule has 0 radical (unpaired) electrons. The first-order valence-electron chi connectivity index (χ1n) is 7.89. The summed E-state index contributed by atoms with van der Waals surface area (Å²) in [5.74, 6) is -0.144. The summed E-state index contributed by atoms with van der Waals surface area (Å²) in [6, 6.07) is 13.2. The van der Waals surface area contributed by atoms with Crippen molar-refractivity contribution in [1.82, 2.24) is 19.9 Å². The SMILES string of the molecule is Cc1ccccc1NC(=O)c1ccc2c(c1)nnn2CCN(C)C. The maximum Gasteiger partial charge on any atom is 0.255 e. The van der Waals surface area contributed by atoms with E-state index in [1.807, 2.05) is 62.1 Å². The van der Waals surface area contributed by atoms with Gasteiger partial charge in [0.1, 0.15) is 5.52 Å². The standard InChI is InChI=1S/C18H21N5O/c1-13-6-4-5-7-15(13)19-18(24)14-8-9-17-16(12-14)20-21-23(17)11-10-22(2)3/h4-9,12H,10-11H2,1-3H3,(H,19,24). The van der Waals surface area contributed by atoms with Gasteiger partial charge in [-0.05, 0) is 50.8 Å². The number of fused-ring (bicyclic) bond motifs is 1. The number of aromatic nitrogens is 3. The highest BCUT2D eigenvalue weighted by Crippen LogP contribution is 2.17. The van der Waals surface area contributed by atoms with Crippen molar-refractivity contribution in [3.05, 3.63) is 53.6 Å². The molecule has 0 aliphatic heterocycles. The van der Waals surface area contributed by atoms with Gasteiger partial charge in [0.2, 0.25) is 0 Å². The Morgan fingerprint density at radius 2 is 2.00 bits per heavy atom. The van der Waals surface area contributed by atoms with E-state index in [0.29, 0.717) is 5.56 Å². The lowest BCUT2D eigenvalue weighted by Gasteiger charge is -2.09. The van der Waals surface area contributed by atoms with Gasteiger partial charge in [-0.3, -0.25) is 4.79 Å². The average Bonchev–Trinajstić information content (AvgIpc) is 2.97. The topological polar surface area (TPSA) is 63.1 Å². The summed E-state index contributed by atoms with van der Waals surface area (Å²) in [4.78, 5) is 14.6. The third-order valence-corrected chi connectivity index (χ3v) is 3.93. The van der Waals surface area contributed by atoms with Crippen LogP contribution in [-0.2, 0) is 6.54 Å². The van der Waals surface area contributed by atoms with Crippen LogP contribution in [0.2, 0.25) is 0 Å². The highest BCUT2D eigenvalue weighted by molar-refractivity contribution is 6.06. The molecule has 3 rings (SSSR count). The molecule has 0 aliphatic carbocycles. The quantitative estimate of drug-likeness (QED) is 0.784. The molecule has 3 aromatic rings. The molecule has 0 fully saturated rings. The smallest absolute Gasteiger partial charge is 0.255 e. The third kappa shape index (κ3) is 3.44. The van der Waals surface area contributed by atoms with Gasteiger partial charge < -0.3 is 10.2 Å². The van der Waals surface area contributed by atoms with Crippen LogP contribution < -0.4 is 5.32 Å². The van der Waals surface area contributed by atoms with E-state index in [1.165, 1.54) is 0 Å². The fraction of sp³-hybridized carbons (Fsp3) is 0.278. The third-order valence-electron chi connectivity index (χ3n) is 3.93. The number of likely N-dealkylation sites (N-methyl/N-ethyl adjacent to an activating group) is 1. The number of carbonyl (C=O) groups is 1. The predicted molar refractivity (Wildman–Crippen MR) is 95.2 cm³/mol. The number of amides is 1. The van der Waals surface area contributed by atoms with Crippen molar-refractivity contribution in [2.24, 2.45) is 0 Å². The Kier molecular flexibility index (Phi) is 4.57. The van der Waals surface area contributed by atoms with E-state index < -0.39 is 0 Å². The second-order valence-corrected chi connectivity index (χ2v) is 6.09. The molecule has 1 N–H and O–H groups in total. The summed E-state index contributed by atoms with van der Waals surface area (Å²) in [6.45, 7) is 3.61. The van der Waals surface area contributed by atoms with Crippen molar-refractivity contribution in [2.45, 2.75) is 13.5 Å². The first-order chi connectivity index (χ1) is 11.5. The maximum atomic E-state index is 12.5. The number of nitrogens with one attached hydrogen (secondary N) is 1. The van der Waals surface area contributed by atoms with Gasteiger partial charge >= 0.3 is 0 Å². The molecule has 24 heavy (non-hydrogen) atoms. The van der Waals surface area contributed by atoms with Crippen molar-refractivity contribution >= 4 is 22.6 Å². The average molecular weight is 323 g/mol. The number of rotatable bonds is 5. The van der Waals surface area contributed by atoms with Crippen LogP contribution in [0.5, 0.6) is 0 Å². The number of hydrogen-bond acceptors (Lipinski definition) is 4. The molecule has 0 aliphatic rings. The number of anilines is 1. The van der Waals surface area contributed by atoms with Gasteiger partial charge in [0.15, 0.2) is 0 Å². The minimum atomic E-state index is -0.144. The predicted octanol–water partition coefficient (Wildman–Crippen LogP) is 2.55. The molecule has 0 spiro atoms. The molecule has 0 bridgehead atoms. The molecule has 6 heteroatoms. The lowest BCUT2D eigenvalue weighted by molar-refractivity contribution is 0.102. The fourth-order valence-electron chi connectivity index (χ4n) is 2.48. The summed E-state index contributed by atoms with van der Waals surface area (Å²) in [5.41, 5.74) is 4.08. The van der Waals surface area contributed by atoms with Crippen molar-refractivity contribution in [1.29, 1.82) is 0 Å².